The van der Waals surface area contributed by atoms with Crippen molar-refractivity contribution in [1.29, 1.82) is 0 Å². The summed E-state index contributed by atoms with van der Waals surface area (Å²) >= 11 is 5.74. The van der Waals surface area contributed by atoms with Crippen LogP contribution in [-0.4, -0.2) is 35.5 Å². The summed E-state index contributed by atoms with van der Waals surface area (Å²) in [6, 6.07) is 6.35. The largest absolute Gasteiger partial charge is 0.481 e. The van der Waals surface area contributed by atoms with E-state index in [1.807, 2.05) is 18.2 Å². The van der Waals surface area contributed by atoms with E-state index in [9.17, 15) is 0 Å². The fraction of sp³-hybridized carbons (Fsp3) is 0.615. The quantitative estimate of drug-likeness (QED) is 0.702. The maximum Gasteiger partial charge on any atom is 0.213 e. The minimum Gasteiger partial charge on any atom is -0.481 e. The van der Waals surface area contributed by atoms with Crippen LogP contribution in [0.1, 0.15) is 26.0 Å². The van der Waals surface area contributed by atoms with Gasteiger partial charge in [0.05, 0.1) is 12.8 Å². The molecule has 3 nitrogen and oxygen atoms in total. The highest BCUT2D eigenvalue weighted by molar-refractivity contribution is 6.17. The molecule has 96 valence electrons. The van der Waals surface area contributed by atoms with Crippen molar-refractivity contribution in [2.24, 2.45) is 0 Å². The number of halogens is 1. The molecule has 0 radical (unpaired) electrons. The topological polar surface area (TPSA) is 25.4 Å². The zero-order chi connectivity index (χ0) is 12.7. The Bertz CT molecular complexity index is 331. The third-order valence-electron chi connectivity index (χ3n) is 2.66. The second kappa shape index (κ2) is 7.51. The molecule has 0 saturated carbocycles. The Morgan fingerprint density at radius 1 is 1.41 bits per heavy atom. The molecule has 0 bridgehead atoms. The number of nitrogens with zero attached hydrogens (tertiary/aromatic N) is 2. The van der Waals surface area contributed by atoms with Crippen LogP contribution in [0.2, 0.25) is 0 Å². The number of methoxy groups -OCH3 is 1. The maximum absolute atomic E-state index is 5.74. The van der Waals surface area contributed by atoms with E-state index in [1.165, 1.54) is 0 Å². The first-order valence-electron chi connectivity index (χ1n) is 5.97. The lowest BCUT2D eigenvalue weighted by atomic mass is 10.2. The van der Waals surface area contributed by atoms with Gasteiger partial charge in [-0.2, -0.15) is 0 Å². The fourth-order valence-electron chi connectivity index (χ4n) is 1.65. The summed E-state index contributed by atoms with van der Waals surface area (Å²) in [5.41, 5.74) is 1.03. The Morgan fingerprint density at radius 2 is 2.18 bits per heavy atom. The lowest BCUT2D eigenvalue weighted by Crippen LogP contribution is -2.31. The molecule has 0 saturated heterocycles. The van der Waals surface area contributed by atoms with Crippen molar-refractivity contribution >= 4 is 11.6 Å². The molecule has 4 heteroatoms. The van der Waals surface area contributed by atoms with Crippen LogP contribution < -0.4 is 4.74 Å². The van der Waals surface area contributed by atoms with Crippen LogP contribution in [-0.2, 0) is 6.54 Å². The zero-order valence-corrected chi connectivity index (χ0v) is 11.6. The molecule has 0 aliphatic rings. The number of hydrogen-bond donors (Lipinski definition) is 0. The van der Waals surface area contributed by atoms with Gasteiger partial charge in [0.25, 0.3) is 0 Å². The van der Waals surface area contributed by atoms with Crippen LogP contribution in [0.25, 0.3) is 0 Å². The van der Waals surface area contributed by atoms with E-state index in [0.29, 0.717) is 17.8 Å². The smallest absolute Gasteiger partial charge is 0.213 e. The first kappa shape index (κ1) is 14.3. The molecule has 0 aromatic carbocycles. The van der Waals surface area contributed by atoms with E-state index in [-0.39, 0.29) is 0 Å². The van der Waals surface area contributed by atoms with Gasteiger partial charge in [-0.25, -0.2) is 4.98 Å². The molecule has 0 N–H and O–H groups in total. The molecular weight excluding hydrogens is 236 g/mol. The lowest BCUT2D eigenvalue weighted by molar-refractivity contribution is 0.210. The van der Waals surface area contributed by atoms with Gasteiger partial charge >= 0.3 is 0 Å². The number of alkyl halides is 1. The van der Waals surface area contributed by atoms with Gasteiger partial charge < -0.3 is 4.74 Å². The van der Waals surface area contributed by atoms with Crippen molar-refractivity contribution in [1.82, 2.24) is 9.88 Å². The van der Waals surface area contributed by atoms with E-state index >= 15 is 0 Å². The Balaban J connectivity index is 2.64. The summed E-state index contributed by atoms with van der Waals surface area (Å²) in [6.45, 7) is 6.22. The van der Waals surface area contributed by atoms with Crippen LogP contribution >= 0.6 is 11.6 Å². The lowest BCUT2D eigenvalue weighted by Gasteiger charge is -2.25. The Morgan fingerprint density at radius 3 is 2.76 bits per heavy atom. The Kier molecular flexibility index (Phi) is 6.30. The number of ether oxygens (including phenoxy) is 1. The molecule has 0 atom stereocenters. The van der Waals surface area contributed by atoms with Gasteiger partial charge in [-0.05, 0) is 32.9 Å². The zero-order valence-electron chi connectivity index (χ0n) is 10.8. The number of pyridine rings is 1. The second-order valence-corrected chi connectivity index (χ2v) is 4.66. The first-order valence-corrected chi connectivity index (χ1v) is 6.50. The van der Waals surface area contributed by atoms with E-state index in [4.69, 9.17) is 16.3 Å². The Labute approximate surface area is 109 Å². The monoisotopic (exact) mass is 256 g/mol. The third kappa shape index (κ3) is 4.92. The van der Waals surface area contributed by atoms with Gasteiger partial charge in [0, 0.05) is 24.5 Å². The standard InChI is InChI=1S/C13H21ClN2O/c1-11(2)16(9-5-8-14)10-12-6-4-7-13(15-12)17-3/h4,6-7,11H,5,8-10H2,1-3H3. The van der Waals surface area contributed by atoms with Crippen LogP contribution in [0, 0.1) is 0 Å². The molecule has 1 aromatic rings. The minimum atomic E-state index is 0.492. The predicted octanol–water partition coefficient (Wildman–Crippen LogP) is 2.93. The molecule has 0 amide bonds. The van der Waals surface area contributed by atoms with E-state index < -0.39 is 0 Å². The van der Waals surface area contributed by atoms with Crippen LogP contribution in [0.3, 0.4) is 0 Å². The summed E-state index contributed by atoms with van der Waals surface area (Å²) in [4.78, 5) is 6.79. The van der Waals surface area contributed by atoms with Crippen molar-refractivity contribution in [3.8, 4) is 5.88 Å². The molecule has 0 aliphatic carbocycles. The average molecular weight is 257 g/mol. The molecule has 0 spiro atoms. The van der Waals surface area contributed by atoms with Gasteiger partial charge in [-0.3, -0.25) is 4.90 Å². The van der Waals surface area contributed by atoms with Crippen molar-refractivity contribution < 1.29 is 4.74 Å². The molecule has 1 heterocycles. The number of aromatic nitrogens is 1. The number of rotatable bonds is 7. The molecule has 0 fully saturated rings. The SMILES string of the molecule is COc1cccc(CN(CCCCl)C(C)C)n1. The molecule has 1 aromatic heterocycles. The van der Waals surface area contributed by atoms with Crippen molar-refractivity contribution in [2.45, 2.75) is 32.9 Å². The highest BCUT2D eigenvalue weighted by atomic mass is 35.5. The van der Waals surface area contributed by atoms with Gasteiger partial charge in [-0.1, -0.05) is 6.07 Å². The highest BCUT2D eigenvalue weighted by Crippen LogP contribution is 2.11. The second-order valence-electron chi connectivity index (χ2n) is 4.28. The third-order valence-corrected chi connectivity index (χ3v) is 2.93. The van der Waals surface area contributed by atoms with Crippen molar-refractivity contribution in [3.05, 3.63) is 23.9 Å². The van der Waals surface area contributed by atoms with Crippen molar-refractivity contribution in [2.75, 3.05) is 19.5 Å². The summed E-state index contributed by atoms with van der Waals surface area (Å²) in [6.07, 6.45) is 1.00. The Hall–Kier alpha value is -0.800. The fourth-order valence-corrected chi connectivity index (χ4v) is 1.77. The van der Waals surface area contributed by atoms with E-state index in [2.05, 4.69) is 23.7 Å². The van der Waals surface area contributed by atoms with E-state index in [1.54, 1.807) is 7.11 Å². The van der Waals surface area contributed by atoms with Gasteiger partial charge in [0.2, 0.25) is 5.88 Å². The van der Waals surface area contributed by atoms with E-state index in [0.717, 1.165) is 25.2 Å². The number of hydrogen-bond acceptors (Lipinski definition) is 3. The first-order chi connectivity index (χ1) is 8.17. The molecular formula is C13H21ClN2O. The van der Waals surface area contributed by atoms with Crippen LogP contribution in [0.5, 0.6) is 5.88 Å². The van der Waals surface area contributed by atoms with Gasteiger partial charge in [-0.15, -0.1) is 11.6 Å². The van der Waals surface area contributed by atoms with Gasteiger partial charge in [0.1, 0.15) is 0 Å². The molecule has 0 aliphatic heterocycles. The van der Waals surface area contributed by atoms with Crippen molar-refractivity contribution in [3.63, 3.8) is 0 Å². The summed E-state index contributed by atoms with van der Waals surface area (Å²) in [5, 5.41) is 0. The molecule has 0 unspecified atom stereocenters. The molecule has 1 rings (SSSR count). The predicted molar refractivity (Wildman–Crippen MR) is 71.7 cm³/mol. The normalized spacial score (nSPS) is 11.2. The molecule has 17 heavy (non-hydrogen) atoms. The van der Waals surface area contributed by atoms with Crippen LogP contribution in [0.15, 0.2) is 18.2 Å². The summed E-state index contributed by atoms with van der Waals surface area (Å²) < 4.78 is 5.13. The average Bonchev–Trinajstić information content (AvgIpc) is 2.34. The maximum atomic E-state index is 5.74. The summed E-state index contributed by atoms with van der Waals surface area (Å²) in [5.74, 6) is 1.37. The summed E-state index contributed by atoms with van der Waals surface area (Å²) in [7, 11) is 1.64. The van der Waals surface area contributed by atoms with Gasteiger partial charge in [0.15, 0.2) is 0 Å². The minimum absolute atomic E-state index is 0.492. The highest BCUT2D eigenvalue weighted by Gasteiger charge is 2.10. The van der Waals surface area contributed by atoms with Crippen LogP contribution in [0.4, 0.5) is 0 Å².